The Balaban J connectivity index is 1.24. The van der Waals surface area contributed by atoms with Crippen LogP contribution in [0.15, 0.2) is 42.5 Å². The molecule has 2 unspecified atom stereocenters. The van der Waals surface area contributed by atoms with Crippen LogP contribution in [0.4, 0.5) is 11.4 Å². The lowest BCUT2D eigenvalue weighted by Crippen LogP contribution is -2.32. The molecule has 0 spiro atoms. The van der Waals surface area contributed by atoms with E-state index < -0.39 is 0 Å². The number of nitrogens with zero attached hydrogens (tertiary/aromatic N) is 1. The molecule has 0 radical (unpaired) electrons. The molecule has 6 nitrogen and oxygen atoms in total. The van der Waals surface area contributed by atoms with Crippen LogP contribution in [0.1, 0.15) is 12.0 Å². The van der Waals surface area contributed by atoms with Gasteiger partial charge in [-0.3, -0.25) is 9.59 Å². The second-order valence-corrected chi connectivity index (χ2v) is 7.16. The molecular weight excluding hydrogens is 344 g/mol. The van der Waals surface area contributed by atoms with Crippen molar-refractivity contribution in [3.63, 3.8) is 0 Å². The zero-order valence-electron chi connectivity index (χ0n) is 14.8. The molecule has 1 aliphatic carbocycles. The van der Waals surface area contributed by atoms with E-state index >= 15 is 0 Å². The van der Waals surface area contributed by atoms with E-state index in [1.54, 1.807) is 18.2 Å². The van der Waals surface area contributed by atoms with Gasteiger partial charge in [-0.25, -0.2) is 0 Å². The van der Waals surface area contributed by atoms with Crippen LogP contribution in [-0.4, -0.2) is 31.6 Å². The average molecular weight is 364 g/mol. The van der Waals surface area contributed by atoms with Crippen LogP contribution in [0, 0.1) is 11.8 Å². The van der Waals surface area contributed by atoms with Crippen molar-refractivity contribution in [3.05, 3.63) is 48.0 Å². The Labute approximate surface area is 157 Å². The number of nitrogens with one attached hydrogen (secondary N) is 1. The Morgan fingerprint density at radius 2 is 1.81 bits per heavy atom. The molecule has 5 rings (SSSR count). The summed E-state index contributed by atoms with van der Waals surface area (Å²) in [6.07, 6.45) is 1.48. The zero-order chi connectivity index (χ0) is 18.4. The van der Waals surface area contributed by atoms with E-state index in [4.69, 9.17) is 9.47 Å². The number of para-hydroxylation sites is 1. The van der Waals surface area contributed by atoms with E-state index in [9.17, 15) is 9.59 Å². The normalized spacial score (nSPS) is 22.1. The number of anilines is 2. The van der Waals surface area contributed by atoms with Gasteiger partial charge in [0, 0.05) is 24.0 Å². The Kier molecular flexibility index (Phi) is 3.77. The van der Waals surface area contributed by atoms with E-state index in [1.807, 2.05) is 23.1 Å². The predicted molar refractivity (Wildman–Crippen MR) is 100 cm³/mol. The molecule has 0 bridgehead atoms. The molecule has 1 saturated carbocycles. The first-order valence-electron chi connectivity index (χ1n) is 9.30. The van der Waals surface area contributed by atoms with E-state index in [2.05, 4.69) is 11.4 Å². The van der Waals surface area contributed by atoms with Gasteiger partial charge in [0.1, 0.15) is 13.2 Å². The van der Waals surface area contributed by atoms with Crippen molar-refractivity contribution in [1.82, 2.24) is 0 Å². The third-order valence-corrected chi connectivity index (χ3v) is 5.41. The van der Waals surface area contributed by atoms with Crippen molar-refractivity contribution in [1.29, 1.82) is 0 Å². The van der Waals surface area contributed by atoms with Gasteiger partial charge in [0.25, 0.3) is 0 Å². The molecule has 2 aromatic rings. The van der Waals surface area contributed by atoms with Crippen molar-refractivity contribution in [2.75, 3.05) is 30.0 Å². The highest BCUT2D eigenvalue weighted by Gasteiger charge is 2.50. The van der Waals surface area contributed by atoms with E-state index in [1.165, 1.54) is 5.56 Å². The maximum absolute atomic E-state index is 12.8. The van der Waals surface area contributed by atoms with Gasteiger partial charge in [0.2, 0.25) is 11.8 Å². The third-order valence-electron chi connectivity index (χ3n) is 5.41. The quantitative estimate of drug-likeness (QED) is 0.909. The summed E-state index contributed by atoms with van der Waals surface area (Å²) in [5.41, 5.74) is 2.85. The summed E-state index contributed by atoms with van der Waals surface area (Å²) in [5.74, 6) is 0.772. The fraction of sp³-hybridized carbons (Fsp3) is 0.333. The Hall–Kier alpha value is -3.02. The van der Waals surface area contributed by atoms with Crippen molar-refractivity contribution >= 4 is 23.2 Å². The van der Waals surface area contributed by atoms with Crippen molar-refractivity contribution in [2.24, 2.45) is 11.8 Å². The number of fused-ring (bicyclic) bond motifs is 2. The number of hydrogen-bond donors (Lipinski definition) is 1. The largest absolute Gasteiger partial charge is 0.486 e. The summed E-state index contributed by atoms with van der Waals surface area (Å²) in [5, 5.41) is 2.90. The molecule has 2 atom stereocenters. The number of rotatable bonds is 3. The molecule has 138 valence electrons. The van der Waals surface area contributed by atoms with Gasteiger partial charge in [-0.2, -0.15) is 0 Å². The van der Waals surface area contributed by atoms with Gasteiger partial charge in [-0.05, 0) is 36.6 Å². The molecule has 2 aromatic carbocycles. The number of hydrogen-bond acceptors (Lipinski definition) is 4. The highest BCUT2D eigenvalue weighted by molar-refractivity contribution is 6.05. The van der Waals surface area contributed by atoms with Gasteiger partial charge in [-0.15, -0.1) is 0 Å². The molecular formula is C21H20N2O4. The maximum Gasteiger partial charge on any atom is 0.230 e. The first-order chi connectivity index (χ1) is 13.2. The lowest BCUT2D eigenvalue weighted by Gasteiger charge is -2.19. The molecule has 1 fully saturated rings. The van der Waals surface area contributed by atoms with Crippen LogP contribution in [0.3, 0.4) is 0 Å². The number of benzene rings is 2. The first-order valence-corrected chi connectivity index (χ1v) is 9.30. The van der Waals surface area contributed by atoms with Gasteiger partial charge in [0.05, 0.1) is 11.8 Å². The van der Waals surface area contributed by atoms with Gasteiger partial charge in [-0.1, -0.05) is 18.2 Å². The molecule has 1 N–H and O–H groups in total. The van der Waals surface area contributed by atoms with E-state index in [0.717, 1.165) is 12.1 Å². The SMILES string of the molecule is O=C(Nc1ccc2c(c1)OCCO2)C1CC1C(=O)N1CCc2ccccc21. The topological polar surface area (TPSA) is 67.9 Å². The van der Waals surface area contributed by atoms with Crippen LogP contribution >= 0.6 is 0 Å². The molecule has 27 heavy (non-hydrogen) atoms. The minimum absolute atomic E-state index is 0.0577. The molecule has 3 aliphatic rings. The minimum atomic E-state index is -0.265. The lowest BCUT2D eigenvalue weighted by atomic mass is 10.2. The van der Waals surface area contributed by atoms with Crippen LogP contribution < -0.4 is 19.7 Å². The summed E-state index contributed by atoms with van der Waals surface area (Å²) in [6.45, 7) is 1.73. The summed E-state index contributed by atoms with van der Waals surface area (Å²) in [7, 11) is 0. The lowest BCUT2D eigenvalue weighted by molar-refractivity contribution is -0.123. The summed E-state index contributed by atoms with van der Waals surface area (Å²) in [6, 6.07) is 13.3. The standard InChI is InChI=1S/C21H20N2O4/c24-20(22-14-5-6-18-19(11-14)27-10-9-26-18)15-12-16(15)21(25)23-8-7-13-3-1-2-4-17(13)23/h1-6,11,15-16H,7-10,12H2,(H,22,24). The number of ether oxygens (including phenoxy) is 2. The second kappa shape index (κ2) is 6.30. The first kappa shape index (κ1) is 16.2. The Bertz CT molecular complexity index is 926. The summed E-state index contributed by atoms with van der Waals surface area (Å²) in [4.78, 5) is 27.2. The molecule has 2 heterocycles. The van der Waals surface area contributed by atoms with Gasteiger partial charge < -0.3 is 19.7 Å². The highest BCUT2D eigenvalue weighted by Crippen LogP contribution is 2.43. The number of carbonyl (C=O) groups is 2. The molecule has 2 amide bonds. The minimum Gasteiger partial charge on any atom is -0.486 e. The fourth-order valence-corrected chi connectivity index (χ4v) is 3.88. The van der Waals surface area contributed by atoms with Crippen LogP contribution in [0.25, 0.3) is 0 Å². The van der Waals surface area contributed by atoms with Crippen LogP contribution in [0.2, 0.25) is 0 Å². The number of carbonyl (C=O) groups excluding carboxylic acids is 2. The summed E-state index contributed by atoms with van der Waals surface area (Å²) >= 11 is 0. The molecule has 0 saturated heterocycles. The van der Waals surface area contributed by atoms with Crippen molar-refractivity contribution in [2.45, 2.75) is 12.8 Å². The second-order valence-electron chi connectivity index (χ2n) is 7.16. The number of amides is 2. The third kappa shape index (κ3) is 2.91. The van der Waals surface area contributed by atoms with E-state index in [0.29, 0.717) is 43.4 Å². The van der Waals surface area contributed by atoms with Crippen LogP contribution in [0.5, 0.6) is 11.5 Å². The van der Waals surface area contributed by atoms with Gasteiger partial charge >= 0.3 is 0 Å². The Morgan fingerprint density at radius 1 is 1.00 bits per heavy atom. The molecule has 2 aliphatic heterocycles. The predicted octanol–water partition coefficient (Wildman–Crippen LogP) is 2.62. The fourth-order valence-electron chi connectivity index (χ4n) is 3.88. The Morgan fingerprint density at radius 3 is 2.70 bits per heavy atom. The zero-order valence-corrected chi connectivity index (χ0v) is 14.8. The molecule has 6 heteroatoms. The highest BCUT2D eigenvalue weighted by atomic mass is 16.6. The van der Waals surface area contributed by atoms with Crippen molar-refractivity contribution < 1.29 is 19.1 Å². The van der Waals surface area contributed by atoms with Crippen molar-refractivity contribution in [3.8, 4) is 11.5 Å². The smallest absolute Gasteiger partial charge is 0.230 e. The monoisotopic (exact) mass is 364 g/mol. The van der Waals surface area contributed by atoms with E-state index in [-0.39, 0.29) is 23.7 Å². The summed E-state index contributed by atoms with van der Waals surface area (Å²) < 4.78 is 11.0. The van der Waals surface area contributed by atoms with Crippen LogP contribution in [-0.2, 0) is 16.0 Å². The molecule has 0 aromatic heterocycles. The average Bonchev–Trinajstić information content (AvgIpc) is 3.39. The van der Waals surface area contributed by atoms with Gasteiger partial charge in [0.15, 0.2) is 11.5 Å². The maximum atomic E-state index is 12.8.